The molecule has 0 saturated carbocycles. The molecule has 3 aromatic rings. The molecule has 1 aliphatic rings. The van der Waals surface area contributed by atoms with Gasteiger partial charge >= 0.3 is 5.97 Å². The summed E-state index contributed by atoms with van der Waals surface area (Å²) in [4.78, 5) is 26.2. The van der Waals surface area contributed by atoms with E-state index in [0.29, 0.717) is 12.8 Å². The van der Waals surface area contributed by atoms with Crippen LogP contribution in [0.25, 0.3) is 0 Å². The molecule has 3 aromatic carbocycles. The second-order valence-corrected chi connectivity index (χ2v) is 10.6. The van der Waals surface area contributed by atoms with Crippen molar-refractivity contribution in [3.8, 4) is 0 Å². The summed E-state index contributed by atoms with van der Waals surface area (Å²) in [5.41, 5.74) is 4.65. The van der Waals surface area contributed by atoms with Crippen molar-refractivity contribution < 1.29 is 19.8 Å². The summed E-state index contributed by atoms with van der Waals surface area (Å²) >= 11 is 0. The average molecular weight is 514 g/mol. The molecule has 0 atom stereocenters. The number of carbonyl (C=O) groups is 2. The van der Waals surface area contributed by atoms with Crippen LogP contribution in [-0.4, -0.2) is 46.5 Å². The maximum absolute atomic E-state index is 12.7. The van der Waals surface area contributed by atoms with Crippen LogP contribution in [0.15, 0.2) is 72.8 Å². The molecular formula is C33H39NO4. The first-order chi connectivity index (χ1) is 18.3. The molecule has 0 amide bonds. The lowest BCUT2D eigenvalue weighted by atomic mass is 9.72. The Morgan fingerprint density at radius 1 is 0.816 bits per heavy atom. The van der Waals surface area contributed by atoms with E-state index >= 15 is 0 Å². The Bertz CT molecular complexity index is 1190. The quantitative estimate of drug-likeness (QED) is 0.356. The highest BCUT2D eigenvalue weighted by molar-refractivity contribution is 5.81. The van der Waals surface area contributed by atoms with Gasteiger partial charge in [0.05, 0.1) is 6.42 Å². The van der Waals surface area contributed by atoms with Gasteiger partial charge in [0, 0.05) is 12.8 Å². The van der Waals surface area contributed by atoms with Gasteiger partial charge in [0.2, 0.25) is 0 Å². The topological polar surface area (TPSA) is 77.8 Å². The summed E-state index contributed by atoms with van der Waals surface area (Å²) in [5, 5.41) is 21.2. The van der Waals surface area contributed by atoms with Gasteiger partial charge in [0.15, 0.2) is 0 Å². The molecule has 2 N–H and O–H groups in total. The summed E-state index contributed by atoms with van der Waals surface area (Å²) in [6, 6.07) is 23.8. The van der Waals surface area contributed by atoms with Crippen LogP contribution in [0.4, 0.5) is 0 Å². The molecular weight excluding hydrogens is 474 g/mol. The van der Waals surface area contributed by atoms with Crippen LogP contribution in [0.5, 0.6) is 0 Å². The predicted octanol–water partition coefficient (Wildman–Crippen LogP) is 5.47. The largest absolute Gasteiger partial charge is 0.481 e. The summed E-state index contributed by atoms with van der Waals surface area (Å²) in [6.45, 7) is 6.60. The highest BCUT2D eigenvalue weighted by atomic mass is 16.4. The van der Waals surface area contributed by atoms with Gasteiger partial charge in [-0.2, -0.15) is 0 Å². The molecule has 5 heteroatoms. The van der Waals surface area contributed by atoms with E-state index in [1.54, 1.807) is 0 Å². The minimum Gasteiger partial charge on any atom is -0.481 e. The van der Waals surface area contributed by atoms with E-state index < -0.39 is 11.6 Å². The number of rotatable bonds is 11. The SMILES string of the molecule is Cc1c(CC(=O)O)ccc(CC(=O)CCCN2CCC(C(O)(c3ccccc3)c3ccccc3)CC2)c1C. The maximum atomic E-state index is 12.7. The fourth-order valence-corrected chi connectivity index (χ4v) is 5.88. The van der Waals surface area contributed by atoms with Crippen LogP contribution in [-0.2, 0) is 28.0 Å². The number of carboxylic acid groups (broad SMARTS) is 1. The predicted molar refractivity (Wildman–Crippen MR) is 150 cm³/mol. The van der Waals surface area contributed by atoms with Crippen LogP contribution < -0.4 is 0 Å². The van der Waals surface area contributed by atoms with Gasteiger partial charge in [-0.15, -0.1) is 0 Å². The van der Waals surface area contributed by atoms with Crippen molar-refractivity contribution in [2.75, 3.05) is 19.6 Å². The number of hydrogen-bond donors (Lipinski definition) is 2. The Hall–Kier alpha value is -3.28. The fraction of sp³-hybridized carbons (Fsp3) is 0.394. The van der Waals surface area contributed by atoms with Crippen molar-refractivity contribution >= 4 is 11.8 Å². The van der Waals surface area contributed by atoms with Gasteiger partial charge in [0.25, 0.3) is 0 Å². The first-order valence-corrected chi connectivity index (χ1v) is 13.7. The van der Waals surface area contributed by atoms with Crippen molar-refractivity contribution in [3.63, 3.8) is 0 Å². The third-order valence-electron chi connectivity index (χ3n) is 8.28. The summed E-state index contributed by atoms with van der Waals surface area (Å²) in [6.07, 6.45) is 3.55. The zero-order chi connectivity index (χ0) is 27.1. The smallest absolute Gasteiger partial charge is 0.307 e. The molecule has 0 bridgehead atoms. The van der Waals surface area contributed by atoms with Crippen molar-refractivity contribution in [2.24, 2.45) is 5.92 Å². The molecule has 0 radical (unpaired) electrons. The van der Waals surface area contributed by atoms with E-state index in [0.717, 1.165) is 72.3 Å². The average Bonchev–Trinajstić information content (AvgIpc) is 2.93. The van der Waals surface area contributed by atoms with Crippen molar-refractivity contribution in [3.05, 3.63) is 106 Å². The van der Waals surface area contributed by atoms with Crippen LogP contribution in [0, 0.1) is 19.8 Å². The Balaban J connectivity index is 1.29. The molecule has 1 saturated heterocycles. The molecule has 38 heavy (non-hydrogen) atoms. The first kappa shape index (κ1) is 27.7. The molecule has 0 spiro atoms. The summed E-state index contributed by atoms with van der Waals surface area (Å²) < 4.78 is 0. The van der Waals surface area contributed by atoms with Gasteiger partial charge < -0.3 is 15.1 Å². The lowest BCUT2D eigenvalue weighted by molar-refractivity contribution is -0.136. The maximum Gasteiger partial charge on any atom is 0.307 e. The van der Waals surface area contributed by atoms with Crippen molar-refractivity contribution in [1.29, 1.82) is 0 Å². The number of piperidine rings is 1. The van der Waals surface area contributed by atoms with Gasteiger partial charge in [-0.25, -0.2) is 0 Å². The minimum atomic E-state index is -1.01. The fourth-order valence-electron chi connectivity index (χ4n) is 5.88. The Morgan fingerprint density at radius 2 is 1.32 bits per heavy atom. The van der Waals surface area contributed by atoms with E-state index in [-0.39, 0.29) is 18.1 Å². The lowest BCUT2D eigenvalue weighted by Crippen LogP contribution is -2.44. The van der Waals surface area contributed by atoms with E-state index in [2.05, 4.69) is 4.90 Å². The Labute approximate surface area is 226 Å². The summed E-state index contributed by atoms with van der Waals surface area (Å²) in [5.74, 6) is -0.499. The number of nitrogens with zero attached hydrogens (tertiary/aromatic N) is 1. The van der Waals surface area contributed by atoms with Crippen LogP contribution in [0.2, 0.25) is 0 Å². The highest BCUT2D eigenvalue weighted by Gasteiger charge is 2.41. The summed E-state index contributed by atoms with van der Waals surface area (Å²) in [7, 11) is 0. The molecule has 0 aromatic heterocycles. The molecule has 0 aliphatic carbocycles. The number of carboxylic acids is 1. The lowest BCUT2D eigenvalue weighted by Gasteiger charge is -2.42. The molecule has 1 aliphatic heterocycles. The standard InChI is InChI=1S/C33H39NO4/c1-24-25(2)27(23-32(36)37)16-15-26(24)22-31(35)14-9-19-34-20-17-30(18-21-34)33(38,28-10-5-3-6-11-28)29-12-7-4-8-13-29/h3-8,10-13,15-16,30,38H,9,14,17-23H2,1-2H3,(H,36,37). The number of aliphatic carboxylic acids is 1. The van der Waals surface area contributed by atoms with Gasteiger partial charge in [-0.1, -0.05) is 72.8 Å². The van der Waals surface area contributed by atoms with Crippen molar-refractivity contribution in [1.82, 2.24) is 4.90 Å². The number of carbonyl (C=O) groups excluding carboxylic acids is 1. The number of hydrogen-bond acceptors (Lipinski definition) is 4. The van der Waals surface area contributed by atoms with Gasteiger partial charge in [-0.05, 0) is 92.0 Å². The number of aliphatic hydroxyl groups is 1. The second-order valence-electron chi connectivity index (χ2n) is 10.6. The van der Waals surface area contributed by atoms with E-state index in [9.17, 15) is 14.7 Å². The van der Waals surface area contributed by atoms with E-state index in [1.807, 2.05) is 86.6 Å². The molecule has 1 fully saturated rings. The van der Waals surface area contributed by atoms with Crippen molar-refractivity contribution in [2.45, 2.75) is 58.0 Å². The van der Waals surface area contributed by atoms with E-state index in [4.69, 9.17) is 5.11 Å². The molecule has 4 rings (SSSR count). The van der Waals surface area contributed by atoms with E-state index in [1.165, 1.54) is 0 Å². The molecule has 5 nitrogen and oxygen atoms in total. The molecule has 1 heterocycles. The zero-order valence-corrected chi connectivity index (χ0v) is 22.5. The highest BCUT2D eigenvalue weighted by Crippen LogP contribution is 2.41. The van der Waals surface area contributed by atoms with Gasteiger partial charge in [0.1, 0.15) is 11.4 Å². The van der Waals surface area contributed by atoms with Crippen LogP contribution >= 0.6 is 0 Å². The second kappa shape index (κ2) is 12.5. The monoisotopic (exact) mass is 513 g/mol. The molecule has 200 valence electrons. The zero-order valence-electron chi connectivity index (χ0n) is 22.5. The normalized spacial score (nSPS) is 14.9. The molecule has 0 unspecified atom stereocenters. The third-order valence-corrected chi connectivity index (χ3v) is 8.28. The number of ketones is 1. The minimum absolute atomic E-state index is 0.00564. The van der Waals surface area contributed by atoms with Gasteiger partial charge in [-0.3, -0.25) is 9.59 Å². The Kier molecular flexibility index (Phi) is 9.13. The number of Topliss-reactive ketones (excluding diaryl/α,β-unsaturated/α-hetero) is 1. The Morgan fingerprint density at radius 3 is 1.82 bits per heavy atom. The first-order valence-electron chi connectivity index (χ1n) is 13.7. The number of likely N-dealkylation sites (tertiary alicyclic amines) is 1. The number of benzene rings is 3. The van der Waals surface area contributed by atoms with Crippen LogP contribution in [0.1, 0.15) is 59.1 Å². The van der Waals surface area contributed by atoms with Crippen LogP contribution in [0.3, 0.4) is 0 Å². The third kappa shape index (κ3) is 6.40.